The summed E-state index contributed by atoms with van der Waals surface area (Å²) >= 11 is 0. The van der Waals surface area contributed by atoms with Crippen molar-refractivity contribution in [2.45, 2.75) is 6.54 Å². The SMILES string of the molecule is O=C(Cn1cnc2c(oc3ccccc32)c1=O)Nn1cnc2ccccc2c1=O. The molecule has 1 amide bonds. The van der Waals surface area contributed by atoms with Gasteiger partial charge in [-0.2, -0.15) is 0 Å². The molecule has 1 N–H and O–H groups in total. The van der Waals surface area contributed by atoms with Crippen molar-refractivity contribution >= 4 is 38.9 Å². The van der Waals surface area contributed by atoms with Crippen molar-refractivity contribution in [2.24, 2.45) is 0 Å². The fourth-order valence-corrected chi connectivity index (χ4v) is 3.20. The van der Waals surface area contributed by atoms with E-state index in [1.807, 2.05) is 12.1 Å². The lowest BCUT2D eigenvalue weighted by Crippen LogP contribution is -2.36. The van der Waals surface area contributed by atoms with Crippen LogP contribution < -0.4 is 16.5 Å². The summed E-state index contributed by atoms with van der Waals surface area (Å²) in [5.74, 6) is -0.580. The Balaban J connectivity index is 1.46. The fourth-order valence-electron chi connectivity index (χ4n) is 3.20. The summed E-state index contributed by atoms with van der Waals surface area (Å²) < 4.78 is 7.71. The van der Waals surface area contributed by atoms with Gasteiger partial charge in [-0.25, -0.2) is 14.6 Å². The number of hydrogen-bond acceptors (Lipinski definition) is 6. The third kappa shape index (κ3) is 2.76. The quantitative estimate of drug-likeness (QED) is 0.503. The lowest BCUT2D eigenvalue weighted by Gasteiger charge is -2.09. The highest BCUT2D eigenvalue weighted by molar-refractivity contribution is 6.01. The van der Waals surface area contributed by atoms with E-state index >= 15 is 0 Å². The van der Waals surface area contributed by atoms with Crippen LogP contribution >= 0.6 is 0 Å². The zero-order chi connectivity index (χ0) is 20.0. The van der Waals surface area contributed by atoms with E-state index in [2.05, 4.69) is 15.4 Å². The van der Waals surface area contributed by atoms with Gasteiger partial charge in [0.2, 0.25) is 5.58 Å². The minimum absolute atomic E-state index is 0.0750. The van der Waals surface area contributed by atoms with Crippen LogP contribution in [-0.2, 0) is 11.3 Å². The monoisotopic (exact) mass is 387 g/mol. The first kappa shape index (κ1) is 16.9. The highest BCUT2D eigenvalue weighted by Gasteiger charge is 2.15. The van der Waals surface area contributed by atoms with E-state index in [1.165, 1.54) is 12.7 Å². The maximum Gasteiger partial charge on any atom is 0.297 e. The molecule has 0 aliphatic carbocycles. The number of hydrogen-bond donors (Lipinski definition) is 1. The Bertz CT molecular complexity index is 1530. The van der Waals surface area contributed by atoms with Crippen LogP contribution in [0.2, 0.25) is 0 Å². The zero-order valence-corrected chi connectivity index (χ0v) is 14.9. The summed E-state index contributed by atoms with van der Waals surface area (Å²) in [5, 5.41) is 1.10. The number of para-hydroxylation sites is 2. The predicted molar refractivity (Wildman–Crippen MR) is 106 cm³/mol. The van der Waals surface area contributed by atoms with Gasteiger partial charge in [-0.05, 0) is 24.3 Å². The van der Waals surface area contributed by atoms with Gasteiger partial charge in [0.1, 0.15) is 24.0 Å². The molecule has 9 nitrogen and oxygen atoms in total. The standard InChI is InChI=1S/C20H13N5O4/c26-16(23-25-11-21-14-7-3-1-5-12(14)19(25)27)9-24-10-22-17-13-6-2-4-8-15(13)29-18(17)20(24)28/h1-8,10-11H,9H2,(H,23,26). The molecule has 29 heavy (non-hydrogen) atoms. The maximum atomic E-state index is 12.7. The number of carbonyl (C=O) groups excluding carboxylic acids is 1. The normalized spacial score (nSPS) is 11.3. The first-order chi connectivity index (χ1) is 14.1. The molecule has 5 rings (SSSR count). The van der Waals surface area contributed by atoms with Gasteiger partial charge in [0.05, 0.1) is 17.2 Å². The molecule has 0 fully saturated rings. The molecule has 0 saturated heterocycles. The second-order valence-electron chi connectivity index (χ2n) is 6.43. The van der Waals surface area contributed by atoms with Crippen LogP contribution in [0.1, 0.15) is 0 Å². The van der Waals surface area contributed by atoms with E-state index in [0.717, 1.165) is 14.6 Å². The first-order valence-electron chi connectivity index (χ1n) is 8.75. The number of rotatable bonds is 3. The Morgan fingerprint density at radius 3 is 2.55 bits per heavy atom. The molecule has 0 aliphatic rings. The highest BCUT2D eigenvalue weighted by atomic mass is 16.3. The van der Waals surface area contributed by atoms with Gasteiger partial charge in [-0.3, -0.25) is 24.4 Å². The number of furan rings is 1. The van der Waals surface area contributed by atoms with Crippen molar-refractivity contribution in [1.29, 1.82) is 0 Å². The van der Waals surface area contributed by atoms with Gasteiger partial charge in [-0.1, -0.05) is 24.3 Å². The van der Waals surface area contributed by atoms with Crippen LogP contribution in [0, 0.1) is 0 Å². The van der Waals surface area contributed by atoms with E-state index in [-0.39, 0.29) is 12.1 Å². The molecule has 5 aromatic rings. The maximum absolute atomic E-state index is 12.7. The topological polar surface area (TPSA) is 112 Å². The van der Waals surface area contributed by atoms with E-state index in [9.17, 15) is 14.4 Å². The van der Waals surface area contributed by atoms with E-state index < -0.39 is 17.0 Å². The molecule has 0 atom stereocenters. The van der Waals surface area contributed by atoms with Crippen molar-refractivity contribution in [3.05, 3.63) is 81.9 Å². The summed E-state index contributed by atoms with van der Waals surface area (Å²) in [6, 6.07) is 14.0. The number of nitrogens with zero attached hydrogens (tertiary/aromatic N) is 4. The smallest absolute Gasteiger partial charge is 0.297 e. The molecule has 142 valence electrons. The number of benzene rings is 2. The number of amides is 1. The molecule has 0 aliphatic heterocycles. The van der Waals surface area contributed by atoms with Crippen LogP contribution in [0.25, 0.3) is 33.0 Å². The first-order valence-corrected chi connectivity index (χ1v) is 8.75. The molecule has 3 heterocycles. The van der Waals surface area contributed by atoms with Crippen molar-refractivity contribution < 1.29 is 9.21 Å². The largest absolute Gasteiger partial charge is 0.448 e. The zero-order valence-electron chi connectivity index (χ0n) is 14.9. The van der Waals surface area contributed by atoms with Crippen LogP contribution in [0.3, 0.4) is 0 Å². The number of nitrogens with one attached hydrogen (secondary N) is 1. The third-order valence-electron chi connectivity index (χ3n) is 4.58. The third-order valence-corrected chi connectivity index (χ3v) is 4.58. The molecule has 3 aromatic heterocycles. The molecule has 0 bridgehead atoms. The second-order valence-corrected chi connectivity index (χ2v) is 6.43. The Morgan fingerprint density at radius 1 is 0.931 bits per heavy atom. The van der Waals surface area contributed by atoms with Crippen LogP contribution in [0.15, 0.2) is 75.2 Å². The Hall–Kier alpha value is -4.27. The van der Waals surface area contributed by atoms with Gasteiger partial charge >= 0.3 is 0 Å². The van der Waals surface area contributed by atoms with Gasteiger partial charge in [-0.15, -0.1) is 0 Å². The second kappa shape index (κ2) is 6.41. The Labute approximate surface area is 161 Å². The molecule has 2 aromatic carbocycles. The van der Waals surface area contributed by atoms with Crippen LogP contribution in [-0.4, -0.2) is 25.1 Å². The number of aromatic nitrogens is 4. The van der Waals surface area contributed by atoms with Crippen molar-refractivity contribution in [1.82, 2.24) is 19.2 Å². The van der Waals surface area contributed by atoms with Crippen LogP contribution in [0.5, 0.6) is 0 Å². The van der Waals surface area contributed by atoms with Gasteiger partial charge in [0.25, 0.3) is 17.0 Å². The summed E-state index contributed by atoms with van der Waals surface area (Å²) in [6.07, 6.45) is 2.51. The number of fused-ring (bicyclic) bond motifs is 4. The Kier molecular flexibility index (Phi) is 3.73. The van der Waals surface area contributed by atoms with Crippen molar-refractivity contribution in [3.8, 4) is 0 Å². The van der Waals surface area contributed by atoms with E-state index in [0.29, 0.717) is 22.0 Å². The highest BCUT2D eigenvalue weighted by Crippen LogP contribution is 2.23. The van der Waals surface area contributed by atoms with Crippen molar-refractivity contribution in [2.75, 3.05) is 5.43 Å². The van der Waals surface area contributed by atoms with E-state index in [4.69, 9.17) is 4.42 Å². The fraction of sp³-hybridized carbons (Fsp3) is 0.0500. The summed E-state index contributed by atoms with van der Waals surface area (Å²) in [6.45, 7) is -0.335. The molecular weight excluding hydrogens is 374 g/mol. The van der Waals surface area contributed by atoms with Gasteiger partial charge < -0.3 is 4.42 Å². The molecule has 9 heteroatoms. The molecule has 0 unspecified atom stereocenters. The molecule has 0 saturated carbocycles. The summed E-state index contributed by atoms with van der Waals surface area (Å²) in [5.41, 5.74) is 3.13. The van der Waals surface area contributed by atoms with E-state index in [1.54, 1.807) is 36.4 Å². The van der Waals surface area contributed by atoms with Crippen LogP contribution in [0.4, 0.5) is 0 Å². The van der Waals surface area contributed by atoms with Gasteiger partial charge in [0, 0.05) is 5.39 Å². The molecular formula is C20H13N5O4. The van der Waals surface area contributed by atoms with Gasteiger partial charge in [0.15, 0.2) is 0 Å². The summed E-state index contributed by atoms with van der Waals surface area (Å²) in [7, 11) is 0. The average Bonchev–Trinajstić information content (AvgIpc) is 3.12. The predicted octanol–water partition coefficient (Wildman–Crippen LogP) is 1.62. The molecule has 0 spiro atoms. The lowest BCUT2D eigenvalue weighted by atomic mass is 10.2. The summed E-state index contributed by atoms with van der Waals surface area (Å²) in [4.78, 5) is 46.0. The Morgan fingerprint density at radius 2 is 1.69 bits per heavy atom. The minimum atomic E-state index is -0.580. The number of carbonyl (C=O) groups is 1. The average molecular weight is 387 g/mol. The molecule has 0 radical (unpaired) electrons. The lowest BCUT2D eigenvalue weighted by molar-refractivity contribution is -0.117. The van der Waals surface area contributed by atoms with Crippen molar-refractivity contribution in [3.63, 3.8) is 0 Å². The minimum Gasteiger partial charge on any atom is -0.448 e.